The van der Waals surface area contributed by atoms with Gasteiger partial charge in [-0.2, -0.15) is 5.10 Å². The summed E-state index contributed by atoms with van der Waals surface area (Å²) in [6, 6.07) is 22.1. The summed E-state index contributed by atoms with van der Waals surface area (Å²) in [5.74, 6) is 0.763. The van der Waals surface area contributed by atoms with Crippen molar-refractivity contribution in [3.05, 3.63) is 93.5 Å². The number of nitrogens with zero attached hydrogens (tertiary/aromatic N) is 2. The number of anilines is 1. The second kappa shape index (κ2) is 11.6. The molecule has 0 amide bonds. The summed E-state index contributed by atoms with van der Waals surface area (Å²) in [6.45, 7) is 0. The Kier molecular flexibility index (Phi) is 10.0. The topological polar surface area (TPSA) is 82.8 Å². The Morgan fingerprint density at radius 1 is 1.03 bits per heavy atom. The maximum absolute atomic E-state index is 11.5. The van der Waals surface area contributed by atoms with Crippen LogP contribution in [0.3, 0.4) is 0 Å². The van der Waals surface area contributed by atoms with Crippen LogP contribution in [-0.4, -0.2) is 21.2 Å². The third-order valence-electron chi connectivity index (χ3n) is 4.98. The number of rotatable bonds is 5. The van der Waals surface area contributed by atoms with Crippen molar-refractivity contribution in [3.8, 4) is 5.75 Å². The van der Waals surface area contributed by atoms with E-state index in [1.54, 1.807) is 19.2 Å². The van der Waals surface area contributed by atoms with E-state index in [0.29, 0.717) is 6.42 Å². The van der Waals surface area contributed by atoms with Crippen molar-refractivity contribution in [2.75, 3.05) is 12.1 Å². The van der Waals surface area contributed by atoms with Crippen LogP contribution in [0, 0.1) is 0 Å². The molecule has 1 heterocycles. The molecule has 1 atom stereocenters. The number of benzene rings is 3. The van der Waals surface area contributed by atoms with E-state index in [9.17, 15) is 8.42 Å². The largest absolute Gasteiger partial charge is 1.00 e. The minimum Gasteiger partial charge on any atom is -0.560 e. The van der Waals surface area contributed by atoms with E-state index >= 15 is 0 Å². The van der Waals surface area contributed by atoms with Crippen LogP contribution < -0.4 is 68.9 Å². The summed E-state index contributed by atoms with van der Waals surface area (Å²) >= 11 is 3.47. The molecule has 0 spiro atoms. The first-order valence-electron chi connectivity index (χ1n) is 9.21. The van der Waals surface area contributed by atoms with Gasteiger partial charge in [0.05, 0.1) is 34.6 Å². The third-order valence-corrected chi connectivity index (χ3v) is 6.40. The minimum absolute atomic E-state index is 0. The fourth-order valence-electron chi connectivity index (χ4n) is 3.45. The van der Waals surface area contributed by atoms with Crippen LogP contribution in [0.2, 0.25) is 0 Å². The molecule has 3 aromatic carbocycles. The van der Waals surface area contributed by atoms with Gasteiger partial charge >= 0.3 is 59.1 Å². The van der Waals surface area contributed by atoms with Crippen molar-refractivity contribution in [1.82, 2.24) is 0 Å². The Balaban J connectivity index is 0.00000181. The van der Waals surface area contributed by atoms with Gasteiger partial charge in [0.15, 0.2) is 0 Å². The molecule has 32 heavy (non-hydrogen) atoms. The number of sulfonamides is 1. The Bertz CT molecular complexity index is 1200. The van der Waals surface area contributed by atoms with Crippen LogP contribution in [0.1, 0.15) is 23.6 Å². The van der Waals surface area contributed by atoms with Crippen molar-refractivity contribution in [2.45, 2.75) is 17.4 Å². The number of ether oxygens (including phenoxy) is 1. The fourth-order valence-corrected chi connectivity index (χ4v) is 4.21. The first-order chi connectivity index (χ1) is 14.3. The van der Waals surface area contributed by atoms with Crippen molar-refractivity contribution < 1.29 is 72.3 Å². The maximum atomic E-state index is 11.5. The quantitative estimate of drug-likeness (QED) is 0.419. The maximum Gasteiger partial charge on any atom is 1.00 e. The van der Waals surface area contributed by atoms with Gasteiger partial charge in [0.25, 0.3) is 0 Å². The predicted molar refractivity (Wildman–Crippen MR) is 121 cm³/mol. The molecule has 0 aromatic heterocycles. The van der Waals surface area contributed by atoms with E-state index in [4.69, 9.17) is 15.0 Å². The number of methoxy groups -OCH3 is 1. The van der Waals surface area contributed by atoms with E-state index in [2.05, 4.69) is 28.1 Å². The van der Waals surface area contributed by atoms with E-state index in [1.165, 1.54) is 12.1 Å². The molecule has 0 saturated heterocycles. The normalized spacial score (nSPS) is 15.4. The number of hydrogen-bond acceptors (Lipinski definition) is 5. The zero-order valence-corrected chi connectivity index (χ0v) is 24.5. The molecule has 3 aromatic rings. The van der Waals surface area contributed by atoms with Gasteiger partial charge in [-0.1, -0.05) is 40.2 Å². The first-order valence-corrected chi connectivity index (χ1v) is 11.5. The van der Waals surface area contributed by atoms with Crippen molar-refractivity contribution in [2.24, 2.45) is 5.10 Å². The summed E-state index contributed by atoms with van der Waals surface area (Å²) in [7, 11) is -2.37. The summed E-state index contributed by atoms with van der Waals surface area (Å²) < 4.78 is 29.3. The number of nitrogens with one attached hydrogen (secondary N) is 1. The predicted octanol–water partition coefficient (Wildman–Crippen LogP) is -0.438. The Hall–Kier alpha value is -0.680. The van der Waals surface area contributed by atoms with Gasteiger partial charge in [0.1, 0.15) is 5.75 Å². The van der Waals surface area contributed by atoms with Crippen LogP contribution in [-0.2, 0) is 10.0 Å². The molecule has 1 N–H and O–H groups in total. The Labute approximate surface area is 241 Å². The molecule has 0 fully saturated rings. The molecule has 1 aliphatic heterocycles. The molecule has 0 bridgehead atoms. The second-order valence-corrected chi connectivity index (χ2v) is 9.29. The van der Waals surface area contributed by atoms with Crippen LogP contribution in [0.5, 0.6) is 5.75 Å². The molecular weight excluding hydrogens is 512 g/mol. The number of hydrazone groups is 1. The van der Waals surface area contributed by atoms with Gasteiger partial charge in [-0.25, -0.2) is 8.42 Å². The third kappa shape index (κ3) is 6.25. The summed E-state index contributed by atoms with van der Waals surface area (Å²) in [5.41, 5.74) is 3.74. The molecule has 1 unspecified atom stereocenters. The zero-order valence-electron chi connectivity index (χ0n) is 18.1. The van der Waals surface area contributed by atoms with Gasteiger partial charge in [-0.05, 0) is 54.1 Å². The molecule has 4 rings (SSSR count). The second-order valence-electron chi connectivity index (χ2n) is 6.89. The molecule has 0 saturated carbocycles. The van der Waals surface area contributed by atoms with Crippen LogP contribution in [0.25, 0.3) is 5.14 Å². The molecule has 0 aliphatic carbocycles. The van der Waals surface area contributed by atoms with Gasteiger partial charge in [0.2, 0.25) is 0 Å². The molecule has 10 heteroatoms. The van der Waals surface area contributed by atoms with E-state index < -0.39 is 10.0 Å². The SMILES string of the molecule is COc1cccc(C2=NN(c3ccc(S([NH-])(=O)=O)cc3)C(c3ccc(Br)cc3)C2)c1.[Na+].[Na+]. The standard InChI is InChI=1S/C22H19BrN3O3S.2Na/c1-29-19-4-2-3-16(13-19)21-14-22(15-5-7-17(23)8-6-15)26(25-21)18-9-11-20(12-10-18)30(24,27)28;;/h2-13,22H,14H2,1H3,(H-,24,27,28);;/q-1;2*+1. The Morgan fingerprint density at radius 2 is 1.69 bits per heavy atom. The minimum atomic E-state index is -4.00. The van der Waals surface area contributed by atoms with Crippen LogP contribution >= 0.6 is 15.9 Å². The van der Waals surface area contributed by atoms with Crippen LogP contribution in [0.4, 0.5) is 5.69 Å². The summed E-state index contributed by atoms with van der Waals surface area (Å²) in [6.07, 6.45) is 0.688. The molecule has 154 valence electrons. The van der Waals surface area contributed by atoms with E-state index in [1.807, 2.05) is 41.4 Å². The van der Waals surface area contributed by atoms with E-state index in [-0.39, 0.29) is 70.1 Å². The molecular formula is C22H19BrN3Na2O3S+. The molecule has 0 radical (unpaired) electrons. The smallest absolute Gasteiger partial charge is 0.560 e. The summed E-state index contributed by atoms with van der Waals surface area (Å²) in [5, 5.41) is 14.0. The van der Waals surface area contributed by atoms with Gasteiger partial charge in [-0.15, -0.1) is 0 Å². The van der Waals surface area contributed by atoms with Crippen molar-refractivity contribution in [1.29, 1.82) is 0 Å². The van der Waals surface area contributed by atoms with Crippen molar-refractivity contribution >= 4 is 37.4 Å². The van der Waals surface area contributed by atoms with Gasteiger partial charge < -0.3 is 9.88 Å². The molecule has 1 aliphatic rings. The van der Waals surface area contributed by atoms with Gasteiger partial charge in [0, 0.05) is 21.4 Å². The van der Waals surface area contributed by atoms with E-state index in [0.717, 1.165) is 32.7 Å². The summed E-state index contributed by atoms with van der Waals surface area (Å²) in [4.78, 5) is -0.0392. The number of halogens is 1. The zero-order chi connectivity index (χ0) is 21.3. The molecule has 6 nitrogen and oxygen atoms in total. The average molecular weight is 531 g/mol. The number of hydrogen-bond donors (Lipinski definition) is 0. The first kappa shape index (κ1) is 27.6. The van der Waals surface area contributed by atoms with Gasteiger partial charge in [-0.3, -0.25) is 5.01 Å². The van der Waals surface area contributed by atoms with Crippen LogP contribution in [0.15, 0.2) is 87.3 Å². The average Bonchev–Trinajstić information content (AvgIpc) is 3.19. The monoisotopic (exact) mass is 530 g/mol. The fraction of sp³-hybridized carbons (Fsp3) is 0.136. The van der Waals surface area contributed by atoms with Crippen molar-refractivity contribution in [3.63, 3.8) is 0 Å². The Morgan fingerprint density at radius 3 is 2.28 bits per heavy atom.